The Morgan fingerprint density at radius 3 is 2.86 bits per heavy atom. The van der Waals surface area contributed by atoms with Crippen LogP contribution in [0.2, 0.25) is 0 Å². The van der Waals surface area contributed by atoms with E-state index in [1.165, 1.54) is 10.7 Å². The molecule has 36 heavy (non-hydrogen) atoms. The summed E-state index contributed by atoms with van der Waals surface area (Å²) in [7, 11) is 0. The molecule has 3 aromatic rings. The number of aliphatic hydroxyl groups is 3. The summed E-state index contributed by atoms with van der Waals surface area (Å²) in [5, 5.41) is 42.4. The van der Waals surface area contributed by atoms with Gasteiger partial charge in [0.05, 0.1) is 28.1 Å². The Morgan fingerprint density at radius 2 is 2.11 bits per heavy atom. The Balaban J connectivity index is 1.47. The summed E-state index contributed by atoms with van der Waals surface area (Å²) in [6.45, 7) is 0.0608. The summed E-state index contributed by atoms with van der Waals surface area (Å²) in [4.78, 5) is 9.01. The molecule has 2 fully saturated rings. The molecule has 2 aliphatic rings. The molecule has 2 saturated carbocycles. The Bertz CT molecular complexity index is 1400. The Labute approximate surface area is 217 Å². The maximum absolute atomic E-state index is 14.1. The van der Waals surface area contributed by atoms with Gasteiger partial charge in [-0.1, -0.05) is 36.0 Å². The molecule has 0 aliphatic heterocycles. The molecule has 0 saturated heterocycles. The molecule has 0 radical (unpaired) electrons. The van der Waals surface area contributed by atoms with Crippen molar-refractivity contribution < 1.29 is 29.9 Å². The normalized spacial score (nSPS) is 30.1. The summed E-state index contributed by atoms with van der Waals surface area (Å²) in [5.41, 5.74) is 0.201. The quantitative estimate of drug-likeness (QED) is 0.231. The van der Waals surface area contributed by atoms with Crippen molar-refractivity contribution in [3.63, 3.8) is 0 Å². The third-order valence-corrected chi connectivity index (χ3v) is 7.36. The molecule has 5 rings (SSSR count). The number of aliphatic hydroxyl groups excluding tert-OH is 3. The van der Waals surface area contributed by atoms with Crippen LogP contribution < -0.4 is 5.32 Å². The van der Waals surface area contributed by atoms with Gasteiger partial charge in [-0.25, -0.2) is 19.0 Å². The number of hydrogen-bond acceptors (Lipinski definition) is 10. The number of hydrogen-bond donors (Lipinski definition) is 4. The molecule has 0 bridgehead atoms. The monoisotopic (exact) mass is 522 g/mol. The van der Waals surface area contributed by atoms with Crippen LogP contribution in [0, 0.1) is 12.7 Å². The largest absolute Gasteiger partial charge is 0.394 e. The molecule has 2 heterocycles. The first-order valence-electron chi connectivity index (χ1n) is 13.8. The number of aromatic nitrogens is 5. The minimum Gasteiger partial charge on any atom is -0.394 e. The SMILES string of the molecule is [2H]C([2H])(CO)O[C@H]1C[C@@H](n2nnc3c(N[C@@H]4C[C@H]4c4ccc(C)c(F)c4)nc(SC([2H])([2H])CC)nc32)[C@H](O)[C@@H]1O. The van der Waals surface area contributed by atoms with E-state index < -0.39 is 43.2 Å². The van der Waals surface area contributed by atoms with E-state index in [2.05, 4.69) is 25.6 Å². The van der Waals surface area contributed by atoms with Gasteiger partial charge in [0.1, 0.15) is 18.0 Å². The number of aryl methyl sites for hydroxylation is 1. The fourth-order valence-electron chi connectivity index (χ4n) is 4.53. The van der Waals surface area contributed by atoms with E-state index in [1.54, 1.807) is 19.9 Å². The fraction of sp³-hybridized carbons (Fsp3) is 0.583. The van der Waals surface area contributed by atoms with Gasteiger partial charge < -0.3 is 25.4 Å². The van der Waals surface area contributed by atoms with Crippen molar-refractivity contribution in [1.29, 1.82) is 0 Å². The van der Waals surface area contributed by atoms with Crippen LogP contribution in [0.25, 0.3) is 11.2 Å². The van der Waals surface area contributed by atoms with Crippen molar-refractivity contribution in [2.45, 2.75) is 74.6 Å². The van der Waals surface area contributed by atoms with E-state index in [4.69, 9.17) is 10.2 Å². The molecule has 12 heteroatoms. The van der Waals surface area contributed by atoms with Crippen LogP contribution in [-0.4, -0.2) is 83.5 Å². The van der Waals surface area contributed by atoms with Crippen molar-refractivity contribution in [2.24, 2.45) is 0 Å². The second kappa shape index (κ2) is 10.5. The lowest BCUT2D eigenvalue weighted by Crippen LogP contribution is -2.33. The van der Waals surface area contributed by atoms with E-state index in [0.29, 0.717) is 11.4 Å². The number of nitrogens with zero attached hydrogens (tertiary/aromatic N) is 5. The first kappa shape index (κ1) is 20.7. The van der Waals surface area contributed by atoms with E-state index in [0.717, 1.165) is 23.7 Å². The average Bonchev–Trinajstić information content (AvgIpc) is 3.46. The Kier molecular flexibility index (Phi) is 6.05. The summed E-state index contributed by atoms with van der Waals surface area (Å²) in [6, 6.07) is 4.17. The molecule has 194 valence electrons. The Morgan fingerprint density at radius 1 is 1.28 bits per heavy atom. The van der Waals surface area contributed by atoms with Crippen LogP contribution in [0.4, 0.5) is 10.2 Å². The molecule has 1 aromatic carbocycles. The molecule has 2 aliphatic carbocycles. The van der Waals surface area contributed by atoms with Crippen molar-refractivity contribution >= 4 is 28.7 Å². The van der Waals surface area contributed by atoms with E-state index in [1.807, 2.05) is 6.07 Å². The van der Waals surface area contributed by atoms with E-state index in [-0.39, 0.29) is 46.9 Å². The van der Waals surface area contributed by atoms with Crippen molar-refractivity contribution in [3.05, 3.63) is 35.1 Å². The highest BCUT2D eigenvalue weighted by molar-refractivity contribution is 7.99. The predicted octanol–water partition coefficient (Wildman–Crippen LogP) is 2.18. The molecule has 0 amide bonds. The maximum Gasteiger partial charge on any atom is 0.191 e. The maximum atomic E-state index is 14.1. The Hall–Kier alpha value is -2.38. The molecule has 6 atom stereocenters. The van der Waals surface area contributed by atoms with Crippen molar-refractivity contribution in [3.8, 4) is 0 Å². The van der Waals surface area contributed by atoms with Crippen molar-refractivity contribution in [1.82, 2.24) is 25.0 Å². The van der Waals surface area contributed by atoms with Gasteiger partial charge in [0.15, 0.2) is 22.1 Å². The molecule has 2 aromatic heterocycles. The van der Waals surface area contributed by atoms with Gasteiger partial charge in [-0.15, -0.1) is 5.10 Å². The summed E-state index contributed by atoms with van der Waals surface area (Å²) in [5.74, 6) is 0.0745. The third-order valence-electron chi connectivity index (χ3n) is 6.56. The van der Waals surface area contributed by atoms with Gasteiger partial charge in [0.25, 0.3) is 0 Å². The minimum absolute atomic E-state index is 0.0413. The second-order valence-electron chi connectivity index (χ2n) is 9.01. The highest BCUT2D eigenvalue weighted by Crippen LogP contribution is 2.44. The minimum atomic E-state index is -2.42. The lowest BCUT2D eigenvalue weighted by atomic mass is 10.1. The number of benzene rings is 1. The number of thioether (sulfide) groups is 1. The summed E-state index contributed by atoms with van der Waals surface area (Å²) < 4.78 is 52.4. The fourth-order valence-corrected chi connectivity index (χ4v) is 5.07. The molecular formula is C24H31FN6O4S. The van der Waals surface area contributed by atoms with Gasteiger partial charge >= 0.3 is 0 Å². The second-order valence-corrected chi connectivity index (χ2v) is 9.86. The first-order chi connectivity index (χ1) is 18.8. The third kappa shape index (κ3) is 4.92. The first-order valence-corrected chi connectivity index (χ1v) is 12.6. The van der Waals surface area contributed by atoms with Crippen LogP contribution in [0.1, 0.15) is 54.8 Å². The van der Waals surface area contributed by atoms with Crippen LogP contribution >= 0.6 is 11.8 Å². The lowest BCUT2D eigenvalue weighted by Gasteiger charge is -2.17. The molecule has 0 unspecified atom stereocenters. The van der Waals surface area contributed by atoms with Crippen LogP contribution in [0.5, 0.6) is 0 Å². The standard InChI is InChI=1S/C24H31FN6O4S/c1-3-8-36-24-27-22(26-16-10-14(16)13-5-4-12(2)15(25)9-13)19-23(28-24)31(30-29-19)17-11-18(35-7-6-32)21(34)20(17)33/h4-5,9,14,16-18,20-21,32-34H,3,6-8,10-11H2,1-2H3,(H,26,27,28)/t14-,16+,17+,18-,20-,21+/m0/s1/i7D2,8D2. The molecule has 0 spiro atoms. The van der Waals surface area contributed by atoms with Gasteiger partial charge in [-0.2, -0.15) is 0 Å². The van der Waals surface area contributed by atoms with E-state index >= 15 is 0 Å². The summed E-state index contributed by atoms with van der Waals surface area (Å²) >= 11 is 0.829. The van der Waals surface area contributed by atoms with E-state index in [9.17, 15) is 19.7 Å². The lowest BCUT2D eigenvalue weighted by molar-refractivity contribution is -0.0629. The zero-order valence-corrected chi connectivity index (χ0v) is 20.6. The molecule has 10 nitrogen and oxygen atoms in total. The van der Waals surface area contributed by atoms with Crippen LogP contribution in [-0.2, 0) is 4.74 Å². The zero-order valence-electron chi connectivity index (χ0n) is 23.8. The highest BCUT2D eigenvalue weighted by atomic mass is 32.2. The number of rotatable bonds is 10. The number of fused-ring (bicyclic) bond motifs is 1. The molecular weight excluding hydrogens is 487 g/mol. The number of ether oxygens (including phenoxy) is 1. The topological polar surface area (TPSA) is 138 Å². The van der Waals surface area contributed by atoms with Crippen LogP contribution in [0.3, 0.4) is 0 Å². The summed E-state index contributed by atoms with van der Waals surface area (Å²) in [6.07, 6.45) is -3.13. The average molecular weight is 523 g/mol. The number of halogens is 1. The zero-order chi connectivity index (χ0) is 29.0. The van der Waals surface area contributed by atoms with Gasteiger partial charge in [0.2, 0.25) is 0 Å². The van der Waals surface area contributed by atoms with Gasteiger partial charge in [-0.05, 0) is 37.0 Å². The smallest absolute Gasteiger partial charge is 0.191 e. The highest BCUT2D eigenvalue weighted by Gasteiger charge is 2.45. The molecule has 4 N–H and O–H groups in total. The van der Waals surface area contributed by atoms with Gasteiger partial charge in [-0.3, -0.25) is 0 Å². The number of anilines is 1. The predicted molar refractivity (Wildman–Crippen MR) is 133 cm³/mol. The number of nitrogens with one attached hydrogen (secondary N) is 1. The van der Waals surface area contributed by atoms with Gasteiger partial charge in [0, 0.05) is 26.8 Å². The van der Waals surface area contributed by atoms with Crippen LogP contribution in [0.15, 0.2) is 23.4 Å². The van der Waals surface area contributed by atoms with Crippen molar-refractivity contribution in [2.75, 3.05) is 24.2 Å².